The second-order valence-corrected chi connectivity index (χ2v) is 5.27. The predicted molar refractivity (Wildman–Crippen MR) is 82.7 cm³/mol. The normalized spacial score (nSPS) is 14.1. The Labute approximate surface area is 118 Å². The molecule has 0 heterocycles. The van der Waals surface area contributed by atoms with Gasteiger partial charge in [-0.25, -0.2) is 0 Å². The molecule has 2 atom stereocenters. The highest BCUT2D eigenvalue weighted by molar-refractivity contribution is 5.30. The molecule has 0 radical (unpaired) electrons. The van der Waals surface area contributed by atoms with Gasteiger partial charge >= 0.3 is 0 Å². The number of methoxy groups -OCH3 is 1. The lowest BCUT2D eigenvalue weighted by molar-refractivity contribution is 0.363. The molecular formula is C17H29NO. The van der Waals surface area contributed by atoms with Crippen molar-refractivity contribution in [2.75, 3.05) is 14.2 Å². The second kappa shape index (κ2) is 8.98. The molecule has 0 aliphatic rings. The summed E-state index contributed by atoms with van der Waals surface area (Å²) in [6, 6.07) is 8.84. The van der Waals surface area contributed by atoms with Crippen LogP contribution in [0, 0.1) is 5.92 Å². The van der Waals surface area contributed by atoms with Crippen LogP contribution in [0.25, 0.3) is 0 Å². The van der Waals surface area contributed by atoms with E-state index in [0.29, 0.717) is 6.04 Å². The number of unbranched alkanes of at least 4 members (excludes halogenated alkanes) is 1. The Morgan fingerprint density at radius 3 is 2.63 bits per heavy atom. The summed E-state index contributed by atoms with van der Waals surface area (Å²) >= 11 is 0. The highest BCUT2D eigenvalue weighted by Gasteiger charge is 2.15. The first-order valence-corrected chi connectivity index (χ1v) is 7.56. The highest BCUT2D eigenvalue weighted by atomic mass is 16.5. The van der Waals surface area contributed by atoms with Gasteiger partial charge in [0.2, 0.25) is 0 Å². The van der Waals surface area contributed by atoms with Gasteiger partial charge < -0.3 is 10.1 Å². The molecule has 0 spiro atoms. The quantitative estimate of drug-likeness (QED) is 0.705. The molecule has 0 bridgehead atoms. The molecule has 0 saturated heterocycles. The first-order chi connectivity index (χ1) is 9.24. The Morgan fingerprint density at radius 2 is 2.05 bits per heavy atom. The lowest BCUT2D eigenvalue weighted by Crippen LogP contribution is -2.20. The second-order valence-electron chi connectivity index (χ2n) is 5.27. The van der Waals surface area contributed by atoms with Crippen molar-refractivity contribution in [1.82, 2.24) is 5.32 Å². The van der Waals surface area contributed by atoms with Crippen molar-refractivity contribution in [2.24, 2.45) is 5.92 Å². The molecular weight excluding hydrogens is 234 g/mol. The van der Waals surface area contributed by atoms with Crippen molar-refractivity contribution in [3.8, 4) is 5.75 Å². The first kappa shape index (κ1) is 16.0. The van der Waals surface area contributed by atoms with Crippen molar-refractivity contribution in [1.29, 1.82) is 0 Å². The Balaban J connectivity index is 2.69. The van der Waals surface area contributed by atoms with Crippen LogP contribution in [0.4, 0.5) is 0 Å². The van der Waals surface area contributed by atoms with Gasteiger partial charge in [0.25, 0.3) is 0 Å². The maximum Gasteiger partial charge on any atom is 0.119 e. The zero-order chi connectivity index (χ0) is 14.1. The summed E-state index contributed by atoms with van der Waals surface area (Å²) in [5.41, 5.74) is 1.33. The van der Waals surface area contributed by atoms with Gasteiger partial charge in [-0.15, -0.1) is 0 Å². The van der Waals surface area contributed by atoms with Crippen LogP contribution in [0.1, 0.15) is 57.6 Å². The van der Waals surface area contributed by atoms with E-state index in [0.717, 1.165) is 11.7 Å². The van der Waals surface area contributed by atoms with Crippen molar-refractivity contribution in [3.63, 3.8) is 0 Å². The monoisotopic (exact) mass is 263 g/mol. The fourth-order valence-electron chi connectivity index (χ4n) is 2.59. The SMILES string of the molecule is CCCCC(CC)CC(NC)c1cccc(OC)c1. The summed E-state index contributed by atoms with van der Waals surface area (Å²) in [5.74, 6) is 1.75. The molecule has 1 rings (SSSR count). The molecule has 1 aromatic carbocycles. The highest BCUT2D eigenvalue weighted by Crippen LogP contribution is 2.28. The Hall–Kier alpha value is -1.02. The molecule has 2 unspecified atom stereocenters. The molecule has 0 aliphatic carbocycles. The zero-order valence-electron chi connectivity index (χ0n) is 12.9. The summed E-state index contributed by atoms with van der Waals surface area (Å²) < 4.78 is 5.32. The van der Waals surface area contributed by atoms with Gasteiger partial charge in [0.15, 0.2) is 0 Å². The van der Waals surface area contributed by atoms with Crippen LogP contribution in [-0.4, -0.2) is 14.2 Å². The molecule has 108 valence electrons. The maximum atomic E-state index is 5.32. The number of nitrogens with one attached hydrogen (secondary N) is 1. The average molecular weight is 263 g/mol. The van der Waals surface area contributed by atoms with Gasteiger partial charge in [0.1, 0.15) is 5.75 Å². The summed E-state index contributed by atoms with van der Waals surface area (Å²) in [7, 11) is 3.78. The van der Waals surface area contributed by atoms with Crippen molar-refractivity contribution in [3.05, 3.63) is 29.8 Å². The largest absolute Gasteiger partial charge is 0.497 e. The van der Waals surface area contributed by atoms with Crippen LogP contribution >= 0.6 is 0 Å². The number of rotatable bonds is 9. The number of benzene rings is 1. The molecule has 1 aromatic rings. The van der Waals surface area contributed by atoms with Crippen molar-refractivity contribution >= 4 is 0 Å². The minimum Gasteiger partial charge on any atom is -0.497 e. The Kier molecular flexibility index (Phi) is 7.57. The fraction of sp³-hybridized carbons (Fsp3) is 0.647. The molecule has 1 N–H and O–H groups in total. The van der Waals surface area contributed by atoms with Gasteiger partial charge in [-0.3, -0.25) is 0 Å². The molecule has 0 amide bonds. The van der Waals surface area contributed by atoms with Crippen LogP contribution < -0.4 is 10.1 Å². The van der Waals surface area contributed by atoms with E-state index in [1.165, 1.54) is 37.7 Å². The third kappa shape index (κ3) is 5.23. The average Bonchev–Trinajstić information content (AvgIpc) is 2.47. The molecule has 0 aromatic heterocycles. The van der Waals surface area contributed by atoms with E-state index < -0.39 is 0 Å². The lowest BCUT2D eigenvalue weighted by atomic mass is 9.89. The van der Waals surface area contributed by atoms with Gasteiger partial charge in [-0.05, 0) is 37.1 Å². The van der Waals surface area contributed by atoms with E-state index in [1.54, 1.807) is 7.11 Å². The van der Waals surface area contributed by atoms with Crippen molar-refractivity contribution < 1.29 is 4.74 Å². The van der Waals surface area contributed by atoms with Crippen LogP contribution in [0.3, 0.4) is 0 Å². The minimum atomic E-state index is 0.428. The standard InChI is InChI=1S/C17H29NO/c1-5-7-9-14(6-2)12-17(18-3)15-10-8-11-16(13-15)19-4/h8,10-11,13-14,17-18H,5-7,9,12H2,1-4H3. The van der Waals surface area contributed by atoms with E-state index in [9.17, 15) is 0 Å². The van der Waals surface area contributed by atoms with E-state index in [-0.39, 0.29) is 0 Å². The predicted octanol–water partition coefficient (Wildman–Crippen LogP) is 4.56. The molecule has 0 aliphatic heterocycles. The molecule has 2 nitrogen and oxygen atoms in total. The van der Waals surface area contributed by atoms with Gasteiger partial charge in [-0.1, -0.05) is 51.7 Å². The third-order valence-corrected chi connectivity index (χ3v) is 3.96. The number of hydrogen-bond donors (Lipinski definition) is 1. The summed E-state index contributed by atoms with van der Waals surface area (Å²) in [4.78, 5) is 0. The summed E-state index contributed by atoms with van der Waals surface area (Å²) in [5, 5.41) is 3.46. The maximum absolute atomic E-state index is 5.32. The first-order valence-electron chi connectivity index (χ1n) is 7.56. The minimum absolute atomic E-state index is 0.428. The lowest BCUT2D eigenvalue weighted by Gasteiger charge is -2.23. The molecule has 19 heavy (non-hydrogen) atoms. The van der Waals surface area contributed by atoms with Crippen molar-refractivity contribution in [2.45, 2.75) is 52.0 Å². The van der Waals surface area contributed by atoms with E-state index in [1.807, 2.05) is 6.07 Å². The zero-order valence-corrected chi connectivity index (χ0v) is 12.9. The van der Waals surface area contributed by atoms with Crippen LogP contribution in [0.2, 0.25) is 0 Å². The van der Waals surface area contributed by atoms with Gasteiger partial charge in [-0.2, -0.15) is 0 Å². The topological polar surface area (TPSA) is 21.3 Å². The van der Waals surface area contributed by atoms with Gasteiger partial charge in [0, 0.05) is 6.04 Å². The smallest absolute Gasteiger partial charge is 0.119 e. The van der Waals surface area contributed by atoms with Crippen LogP contribution in [0.15, 0.2) is 24.3 Å². The summed E-state index contributed by atoms with van der Waals surface area (Å²) in [6.45, 7) is 4.57. The van der Waals surface area contributed by atoms with Crippen LogP contribution in [-0.2, 0) is 0 Å². The van der Waals surface area contributed by atoms with E-state index >= 15 is 0 Å². The van der Waals surface area contributed by atoms with E-state index in [2.05, 4.69) is 44.4 Å². The fourth-order valence-corrected chi connectivity index (χ4v) is 2.59. The van der Waals surface area contributed by atoms with E-state index in [4.69, 9.17) is 4.74 Å². The Bertz CT molecular complexity index is 351. The number of ether oxygens (including phenoxy) is 1. The molecule has 0 fully saturated rings. The van der Waals surface area contributed by atoms with Gasteiger partial charge in [0.05, 0.1) is 7.11 Å². The Morgan fingerprint density at radius 1 is 1.26 bits per heavy atom. The van der Waals surface area contributed by atoms with Crippen LogP contribution in [0.5, 0.6) is 5.75 Å². The number of hydrogen-bond acceptors (Lipinski definition) is 2. The molecule has 0 saturated carbocycles. The third-order valence-electron chi connectivity index (χ3n) is 3.96. The molecule has 2 heteroatoms. The summed E-state index contributed by atoms with van der Waals surface area (Å²) in [6.07, 6.45) is 6.45.